The Morgan fingerprint density at radius 3 is 2.06 bits per heavy atom. The molecule has 3 aromatic rings. The number of nitrogens with zero attached hydrogens (tertiary/aromatic N) is 6. The molecular weight excluding hydrogens is 645 g/mol. The van der Waals surface area contributed by atoms with Crippen LogP contribution in [0.2, 0.25) is 0 Å². The molecule has 2 aromatic carbocycles. The molecule has 2 unspecified atom stereocenters. The van der Waals surface area contributed by atoms with Crippen molar-refractivity contribution in [3.63, 3.8) is 0 Å². The maximum atomic E-state index is 13.0. The van der Waals surface area contributed by atoms with Crippen LogP contribution in [0.3, 0.4) is 0 Å². The van der Waals surface area contributed by atoms with E-state index < -0.39 is 16.1 Å². The van der Waals surface area contributed by atoms with Crippen LogP contribution in [-0.2, 0) is 27.7 Å². The van der Waals surface area contributed by atoms with Crippen LogP contribution in [0.15, 0.2) is 48.5 Å². The van der Waals surface area contributed by atoms with E-state index >= 15 is 0 Å². The second-order valence-corrected chi connectivity index (χ2v) is 15.7. The summed E-state index contributed by atoms with van der Waals surface area (Å²) in [5.74, 6) is 1.41. The first-order valence-electron chi connectivity index (χ1n) is 17.0. The molecule has 5 heterocycles. The van der Waals surface area contributed by atoms with Gasteiger partial charge < -0.3 is 30.1 Å². The zero-order valence-electron chi connectivity index (χ0n) is 28.3. The number of piperidine rings is 1. The number of anilines is 3. The number of carbonyl (C=O) groups excluding carboxylic acids is 2. The third-order valence-electron chi connectivity index (χ3n) is 10.2. The zero-order chi connectivity index (χ0) is 34.3. The molecule has 0 saturated carbocycles. The lowest BCUT2D eigenvalue weighted by Gasteiger charge is -2.38. The quantitative estimate of drug-likeness (QED) is 0.381. The summed E-state index contributed by atoms with van der Waals surface area (Å²) >= 11 is 0. The predicted molar refractivity (Wildman–Crippen MR) is 188 cm³/mol. The van der Waals surface area contributed by atoms with Gasteiger partial charge in [-0.3, -0.25) is 4.79 Å². The highest BCUT2D eigenvalue weighted by atomic mass is 32.2. The molecular formula is C35H44N8O5S. The molecule has 2 bridgehead atoms. The predicted octanol–water partition coefficient (Wildman–Crippen LogP) is 3.64. The van der Waals surface area contributed by atoms with E-state index in [1.165, 1.54) is 10.6 Å². The van der Waals surface area contributed by atoms with E-state index in [2.05, 4.69) is 34.5 Å². The molecule has 7 rings (SSSR count). The first-order valence-corrected chi connectivity index (χ1v) is 18.8. The molecule has 4 aliphatic rings. The van der Waals surface area contributed by atoms with Gasteiger partial charge in [-0.15, -0.1) is 0 Å². The summed E-state index contributed by atoms with van der Waals surface area (Å²) in [6, 6.07) is 14.8. The minimum atomic E-state index is -3.37. The zero-order valence-corrected chi connectivity index (χ0v) is 29.1. The van der Waals surface area contributed by atoms with E-state index in [0.29, 0.717) is 55.0 Å². The number of likely N-dealkylation sites (tertiary alicyclic amines) is 1. The minimum absolute atomic E-state index is 0.00773. The van der Waals surface area contributed by atoms with E-state index in [4.69, 9.17) is 14.7 Å². The highest BCUT2D eigenvalue weighted by Crippen LogP contribution is 2.38. The molecule has 0 aliphatic carbocycles. The lowest BCUT2D eigenvalue weighted by Crippen LogP contribution is -2.47. The number of rotatable bonds is 7. The van der Waals surface area contributed by atoms with Crippen LogP contribution in [0.25, 0.3) is 11.4 Å². The summed E-state index contributed by atoms with van der Waals surface area (Å²) in [5, 5.41) is 5.70. The summed E-state index contributed by atoms with van der Waals surface area (Å²) in [7, 11) is 0.780. The van der Waals surface area contributed by atoms with Crippen molar-refractivity contribution in [2.75, 3.05) is 68.7 Å². The van der Waals surface area contributed by atoms with Gasteiger partial charge in [0.2, 0.25) is 10.0 Å². The van der Waals surface area contributed by atoms with E-state index in [9.17, 15) is 18.0 Å². The van der Waals surface area contributed by atoms with Gasteiger partial charge in [0.15, 0.2) is 5.82 Å². The smallest absolute Gasteiger partial charge is 0.323 e. The fourth-order valence-electron chi connectivity index (χ4n) is 7.45. The minimum Gasteiger partial charge on any atom is -0.377 e. The number of hydrogen-bond acceptors (Lipinski definition) is 9. The average molecular weight is 689 g/mol. The molecule has 14 heteroatoms. The highest BCUT2D eigenvalue weighted by Gasteiger charge is 2.41. The lowest BCUT2D eigenvalue weighted by molar-refractivity contribution is 0.0663. The van der Waals surface area contributed by atoms with E-state index in [1.54, 1.807) is 36.4 Å². The molecule has 2 atom stereocenters. The van der Waals surface area contributed by atoms with E-state index in [0.717, 1.165) is 61.4 Å². The third-order valence-corrected chi connectivity index (χ3v) is 11.5. The summed E-state index contributed by atoms with van der Waals surface area (Å²) in [4.78, 5) is 42.3. The number of sulfonamides is 1. The van der Waals surface area contributed by atoms with Gasteiger partial charge in [-0.25, -0.2) is 23.2 Å². The largest absolute Gasteiger partial charge is 0.377 e. The summed E-state index contributed by atoms with van der Waals surface area (Å²) in [6.07, 6.45) is 5.78. The molecule has 4 aliphatic heterocycles. The van der Waals surface area contributed by atoms with Crippen molar-refractivity contribution in [1.29, 1.82) is 0 Å². The number of ether oxygens (including phenoxy) is 1. The van der Waals surface area contributed by atoms with Crippen LogP contribution >= 0.6 is 0 Å². The normalized spacial score (nSPS) is 21.5. The van der Waals surface area contributed by atoms with Crippen LogP contribution in [-0.4, -0.2) is 116 Å². The Hall–Kier alpha value is -4.11. The number of hydrogen-bond donors (Lipinski definition) is 2. The summed E-state index contributed by atoms with van der Waals surface area (Å²) < 4.78 is 32.1. The number of carbonyl (C=O) groups is 2. The van der Waals surface area contributed by atoms with E-state index in [-0.39, 0.29) is 24.5 Å². The number of amides is 3. The Morgan fingerprint density at radius 1 is 0.857 bits per heavy atom. The number of benzene rings is 2. The molecule has 0 radical (unpaired) electrons. The fraction of sp³-hybridized carbons (Fsp3) is 0.486. The SMILES string of the molecule is CN(C)C1CCN(C(=O)c2ccc(NC(=O)Nc3ccc(-c4nc5c(c(N6C7CCC6COC7)n4)CCN(S(C)(=O)=O)C5)cc3)cc2)CC1. The number of nitrogens with one attached hydrogen (secondary N) is 2. The van der Waals surface area contributed by atoms with Crippen LogP contribution in [0, 0.1) is 0 Å². The monoisotopic (exact) mass is 688 g/mol. The second kappa shape index (κ2) is 13.7. The van der Waals surface area contributed by atoms with Crippen molar-refractivity contribution in [3.8, 4) is 11.4 Å². The highest BCUT2D eigenvalue weighted by molar-refractivity contribution is 7.88. The van der Waals surface area contributed by atoms with Crippen molar-refractivity contribution in [2.24, 2.45) is 0 Å². The molecule has 3 saturated heterocycles. The van der Waals surface area contributed by atoms with Crippen molar-refractivity contribution in [2.45, 2.75) is 56.8 Å². The molecule has 13 nitrogen and oxygen atoms in total. The Morgan fingerprint density at radius 2 is 1.47 bits per heavy atom. The molecule has 3 amide bonds. The van der Waals surface area contributed by atoms with Crippen molar-refractivity contribution in [3.05, 3.63) is 65.4 Å². The van der Waals surface area contributed by atoms with Gasteiger partial charge in [0.05, 0.1) is 43.8 Å². The van der Waals surface area contributed by atoms with Gasteiger partial charge >= 0.3 is 6.03 Å². The topological polar surface area (TPSA) is 140 Å². The second-order valence-electron chi connectivity index (χ2n) is 13.7. The fourth-order valence-corrected chi connectivity index (χ4v) is 8.23. The molecule has 260 valence electrons. The van der Waals surface area contributed by atoms with Crippen LogP contribution in [0.1, 0.15) is 47.3 Å². The Bertz CT molecular complexity index is 1790. The van der Waals surface area contributed by atoms with Crippen molar-refractivity contribution in [1.82, 2.24) is 24.1 Å². The van der Waals surface area contributed by atoms with Gasteiger partial charge in [-0.05, 0) is 94.7 Å². The van der Waals surface area contributed by atoms with Gasteiger partial charge in [0.25, 0.3) is 5.91 Å². The Kier molecular flexibility index (Phi) is 9.31. The molecule has 3 fully saturated rings. The van der Waals surface area contributed by atoms with Crippen LogP contribution < -0.4 is 15.5 Å². The first kappa shape index (κ1) is 33.4. The first-order chi connectivity index (χ1) is 23.5. The van der Waals surface area contributed by atoms with Crippen molar-refractivity contribution < 1.29 is 22.7 Å². The molecule has 0 spiro atoms. The number of morpholine rings is 1. The maximum Gasteiger partial charge on any atom is 0.323 e. The third kappa shape index (κ3) is 7.14. The number of urea groups is 1. The molecule has 1 aromatic heterocycles. The van der Waals surface area contributed by atoms with Crippen LogP contribution in [0.4, 0.5) is 22.0 Å². The standard InChI is InChI=1S/C35H44N8O5S/c1-40(2)27-14-17-41(18-15-27)34(44)24-6-10-26(11-7-24)37-35(45)36-25-8-4-23(5-9-25)32-38-31-20-42(49(3,46)47)19-16-30(31)33(39-32)43-28-12-13-29(43)22-48-21-28/h4-11,27-29H,12-22H2,1-3H3,(H2,36,37,45). The van der Waals surface area contributed by atoms with Gasteiger partial charge in [0, 0.05) is 53.7 Å². The molecule has 49 heavy (non-hydrogen) atoms. The lowest BCUT2D eigenvalue weighted by atomic mass is 10.0. The van der Waals surface area contributed by atoms with Gasteiger partial charge in [0.1, 0.15) is 5.82 Å². The van der Waals surface area contributed by atoms with Crippen molar-refractivity contribution >= 4 is 39.2 Å². The van der Waals surface area contributed by atoms with Crippen LogP contribution in [0.5, 0.6) is 0 Å². The Balaban J connectivity index is 1.02. The number of aromatic nitrogens is 2. The number of fused-ring (bicyclic) bond motifs is 3. The summed E-state index contributed by atoms with van der Waals surface area (Å²) in [5.41, 5.74) is 4.26. The van der Waals surface area contributed by atoms with Gasteiger partial charge in [-0.1, -0.05) is 0 Å². The maximum absolute atomic E-state index is 13.0. The Labute approximate surface area is 287 Å². The molecule has 2 N–H and O–H groups in total. The van der Waals surface area contributed by atoms with E-state index in [1.807, 2.05) is 17.0 Å². The summed E-state index contributed by atoms with van der Waals surface area (Å²) in [6.45, 7) is 3.39. The van der Waals surface area contributed by atoms with Gasteiger partial charge in [-0.2, -0.15) is 4.31 Å². The average Bonchev–Trinajstić information content (AvgIpc) is 3.34.